The van der Waals surface area contributed by atoms with Crippen LogP contribution in [0, 0.1) is 0 Å². The van der Waals surface area contributed by atoms with Gasteiger partial charge in [-0.15, -0.1) is 0 Å². The number of unbranched alkanes of at least 4 members (excludes halogenated alkanes) is 4. The van der Waals surface area contributed by atoms with Gasteiger partial charge in [-0.05, 0) is 6.42 Å². The Hall–Kier alpha value is -1.06. The molecule has 1 heterocycles. The zero-order valence-electron chi connectivity index (χ0n) is 10.5. The standard InChI is InChI=1S/C12H22N2O2/c1-4-5-6-7-8-9-12(2,3)10-13-11(15)16-14-10/h4-9H2,1-3H3,(H,13,14,15). The summed E-state index contributed by atoms with van der Waals surface area (Å²) in [6.45, 7) is 6.38. The van der Waals surface area contributed by atoms with Gasteiger partial charge in [0.1, 0.15) is 0 Å². The molecule has 0 aliphatic carbocycles. The minimum Gasteiger partial charge on any atom is -0.296 e. The summed E-state index contributed by atoms with van der Waals surface area (Å²) in [5.41, 5.74) is -0.0988. The molecule has 0 radical (unpaired) electrons. The maximum Gasteiger partial charge on any atom is 0.438 e. The van der Waals surface area contributed by atoms with E-state index < -0.39 is 5.76 Å². The minimum absolute atomic E-state index is 0.0988. The molecule has 0 saturated carbocycles. The van der Waals surface area contributed by atoms with E-state index >= 15 is 0 Å². The summed E-state index contributed by atoms with van der Waals surface area (Å²) in [6, 6.07) is 0. The first-order valence-electron chi connectivity index (χ1n) is 6.13. The summed E-state index contributed by atoms with van der Waals surface area (Å²) in [6.07, 6.45) is 7.31. The first-order valence-corrected chi connectivity index (χ1v) is 6.13. The first kappa shape index (κ1) is 13.0. The van der Waals surface area contributed by atoms with Gasteiger partial charge in [0, 0.05) is 5.41 Å². The molecule has 1 N–H and O–H groups in total. The van der Waals surface area contributed by atoms with E-state index in [1.54, 1.807) is 0 Å². The lowest BCUT2D eigenvalue weighted by Gasteiger charge is -2.20. The molecule has 0 saturated heterocycles. The van der Waals surface area contributed by atoms with E-state index in [4.69, 9.17) is 0 Å². The Labute approximate surface area is 96.4 Å². The Kier molecular flexibility index (Phi) is 4.77. The van der Waals surface area contributed by atoms with Crippen molar-refractivity contribution >= 4 is 0 Å². The van der Waals surface area contributed by atoms with Crippen molar-refractivity contribution in [1.82, 2.24) is 10.1 Å². The lowest BCUT2D eigenvalue weighted by molar-refractivity contribution is 0.353. The molecule has 0 spiro atoms. The summed E-state index contributed by atoms with van der Waals surface area (Å²) in [7, 11) is 0. The third-order valence-electron chi connectivity index (χ3n) is 2.99. The zero-order valence-corrected chi connectivity index (χ0v) is 10.5. The molecule has 0 fully saturated rings. The zero-order chi connectivity index (χ0) is 12.0. The highest BCUT2D eigenvalue weighted by molar-refractivity contribution is 4.99. The van der Waals surface area contributed by atoms with E-state index in [-0.39, 0.29) is 5.41 Å². The summed E-state index contributed by atoms with van der Waals surface area (Å²) in [5.74, 6) is 0.196. The van der Waals surface area contributed by atoms with Crippen LogP contribution in [0.25, 0.3) is 0 Å². The predicted molar refractivity (Wildman–Crippen MR) is 63.5 cm³/mol. The number of hydrogen-bond acceptors (Lipinski definition) is 3. The van der Waals surface area contributed by atoms with Crippen LogP contribution in [-0.4, -0.2) is 10.1 Å². The van der Waals surface area contributed by atoms with Gasteiger partial charge in [0.2, 0.25) is 0 Å². The molecule has 0 unspecified atom stereocenters. The number of aromatic amines is 1. The Morgan fingerprint density at radius 3 is 2.50 bits per heavy atom. The van der Waals surface area contributed by atoms with Gasteiger partial charge >= 0.3 is 5.76 Å². The second-order valence-electron chi connectivity index (χ2n) is 4.99. The van der Waals surface area contributed by atoms with Crippen LogP contribution in [0.15, 0.2) is 9.32 Å². The monoisotopic (exact) mass is 226 g/mol. The van der Waals surface area contributed by atoms with Crippen LogP contribution < -0.4 is 5.76 Å². The van der Waals surface area contributed by atoms with Gasteiger partial charge in [-0.1, -0.05) is 58.0 Å². The van der Waals surface area contributed by atoms with Crippen LogP contribution in [0.3, 0.4) is 0 Å². The van der Waals surface area contributed by atoms with Crippen molar-refractivity contribution < 1.29 is 4.52 Å². The number of hydrogen-bond donors (Lipinski definition) is 1. The molecule has 16 heavy (non-hydrogen) atoms. The fourth-order valence-corrected chi connectivity index (χ4v) is 1.81. The number of nitrogens with zero attached hydrogens (tertiary/aromatic N) is 1. The quantitative estimate of drug-likeness (QED) is 0.727. The van der Waals surface area contributed by atoms with E-state index in [0.29, 0.717) is 5.82 Å². The fraction of sp³-hybridized carbons (Fsp3) is 0.833. The van der Waals surface area contributed by atoms with Gasteiger partial charge in [0.25, 0.3) is 0 Å². The molecule has 0 aromatic carbocycles. The van der Waals surface area contributed by atoms with E-state index in [9.17, 15) is 4.79 Å². The average molecular weight is 226 g/mol. The van der Waals surface area contributed by atoms with Gasteiger partial charge in [-0.2, -0.15) is 0 Å². The lowest BCUT2D eigenvalue weighted by atomic mass is 9.86. The van der Waals surface area contributed by atoms with Crippen molar-refractivity contribution in [2.75, 3.05) is 0 Å². The van der Waals surface area contributed by atoms with Gasteiger partial charge in [0.15, 0.2) is 5.82 Å². The van der Waals surface area contributed by atoms with Crippen molar-refractivity contribution in [1.29, 1.82) is 0 Å². The normalized spacial score (nSPS) is 11.9. The van der Waals surface area contributed by atoms with Crippen LogP contribution in [0.2, 0.25) is 0 Å². The second kappa shape index (κ2) is 5.87. The van der Waals surface area contributed by atoms with Crippen molar-refractivity contribution in [3.8, 4) is 0 Å². The van der Waals surface area contributed by atoms with E-state index in [1.165, 1.54) is 32.1 Å². The molecule has 0 atom stereocenters. The molecule has 4 heteroatoms. The minimum atomic E-state index is -0.464. The highest BCUT2D eigenvalue weighted by atomic mass is 16.5. The average Bonchev–Trinajstić information content (AvgIpc) is 2.65. The maximum absolute atomic E-state index is 10.9. The summed E-state index contributed by atoms with van der Waals surface area (Å²) < 4.78 is 4.53. The maximum atomic E-state index is 10.9. The Morgan fingerprint density at radius 1 is 1.25 bits per heavy atom. The predicted octanol–water partition coefficient (Wildman–Crippen LogP) is 3.00. The smallest absolute Gasteiger partial charge is 0.296 e. The second-order valence-corrected chi connectivity index (χ2v) is 4.99. The van der Waals surface area contributed by atoms with E-state index in [0.717, 1.165) is 6.42 Å². The fourth-order valence-electron chi connectivity index (χ4n) is 1.81. The van der Waals surface area contributed by atoms with Crippen LogP contribution in [-0.2, 0) is 5.41 Å². The Morgan fingerprint density at radius 2 is 1.94 bits per heavy atom. The van der Waals surface area contributed by atoms with Crippen molar-refractivity contribution in [3.05, 3.63) is 16.4 Å². The summed E-state index contributed by atoms with van der Waals surface area (Å²) in [4.78, 5) is 13.5. The topological polar surface area (TPSA) is 58.9 Å². The van der Waals surface area contributed by atoms with Crippen LogP contribution >= 0.6 is 0 Å². The number of H-pyrrole nitrogens is 1. The molecule has 1 aromatic rings. The SMILES string of the molecule is CCCCCCCC(C)(C)c1noc(=O)[nH]1. The first-order chi connectivity index (χ1) is 7.56. The van der Waals surface area contributed by atoms with Crippen LogP contribution in [0.1, 0.15) is 65.1 Å². The van der Waals surface area contributed by atoms with Crippen LogP contribution in [0.5, 0.6) is 0 Å². The highest BCUT2D eigenvalue weighted by Crippen LogP contribution is 2.25. The molecule has 0 amide bonds. The van der Waals surface area contributed by atoms with Gasteiger partial charge in [0.05, 0.1) is 0 Å². The van der Waals surface area contributed by atoms with Gasteiger partial charge in [-0.3, -0.25) is 9.51 Å². The molecule has 92 valence electrons. The van der Waals surface area contributed by atoms with Gasteiger partial charge < -0.3 is 0 Å². The molecule has 0 aliphatic heterocycles. The summed E-state index contributed by atoms with van der Waals surface area (Å²) in [5, 5.41) is 3.76. The van der Waals surface area contributed by atoms with E-state index in [2.05, 4.69) is 35.4 Å². The number of rotatable bonds is 7. The Bertz CT molecular complexity index is 352. The third-order valence-corrected chi connectivity index (χ3v) is 2.99. The molecular weight excluding hydrogens is 204 g/mol. The molecular formula is C12H22N2O2. The highest BCUT2D eigenvalue weighted by Gasteiger charge is 2.24. The largest absolute Gasteiger partial charge is 0.438 e. The molecule has 0 bridgehead atoms. The molecule has 0 aliphatic rings. The van der Waals surface area contributed by atoms with Crippen molar-refractivity contribution in [2.45, 2.75) is 64.7 Å². The number of aromatic nitrogens is 2. The van der Waals surface area contributed by atoms with Crippen LogP contribution in [0.4, 0.5) is 0 Å². The molecule has 1 aromatic heterocycles. The molecule has 4 nitrogen and oxygen atoms in total. The third kappa shape index (κ3) is 3.83. The van der Waals surface area contributed by atoms with Gasteiger partial charge in [-0.25, -0.2) is 4.79 Å². The Balaban J connectivity index is 2.37. The molecule has 1 rings (SSSR count). The van der Waals surface area contributed by atoms with E-state index in [1.807, 2.05) is 0 Å². The number of nitrogens with one attached hydrogen (secondary N) is 1. The van der Waals surface area contributed by atoms with Crippen molar-refractivity contribution in [2.24, 2.45) is 0 Å². The van der Waals surface area contributed by atoms with Crippen molar-refractivity contribution in [3.63, 3.8) is 0 Å². The summed E-state index contributed by atoms with van der Waals surface area (Å²) >= 11 is 0. The lowest BCUT2D eigenvalue weighted by Crippen LogP contribution is -2.20.